The SMILES string of the molecule is Cc1ccc2c(c1)CCC(CC1CN=CN1)=C2.O=C(O)/C=C/C(=O)O. The summed E-state index contributed by atoms with van der Waals surface area (Å²) in [7, 11) is 0. The Morgan fingerprint density at radius 1 is 1.24 bits per heavy atom. The fourth-order valence-corrected chi connectivity index (χ4v) is 2.81. The van der Waals surface area contributed by atoms with Crippen LogP contribution in [0.1, 0.15) is 29.5 Å². The van der Waals surface area contributed by atoms with Crippen molar-refractivity contribution in [1.29, 1.82) is 0 Å². The van der Waals surface area contributed by atoms with E-state index in [9.17, 15) is 9.59 Å². The summed E-state index contributed by atoms with van der Waals surface area (Å²) in [6.45, 7) is 3.09. The summed E-state index contributed by atoms with van der Waals surface area (Å²) in [5.74, 6) is -2.51. The zero-order valence-corrected chi connectivity index (χ0v) is 14.1. The molecule has 1 aromatic rings. The number of fused-ring (bicyclic) bond motifs is 1. The summed E-state index contributed by atoms with van der Waals surface area (Å²) >= 11 is 0. The highest BCUT2D eigenvalue weighted by Gasteiger charge is 2.16. The second-order valence-electron chi connectivity index (χ2n) is 6.08. The van der Waals surface area contributed by atoms with Gasteiger partial charge < -0.3 is 15.5 Å². The average molecular weight is 342 g/mol. The van der Waals surface area contributed by atoms with Crippen molar-refractivity contribution in [2.45, 2.75) is 32.2 Å². The molecule has 0 spiro atoms. The number of hydrogen-bond donors (Lipinski definition) is 3. The number of carboxylic acids is 2. The van der Waals surface area contributed by atoms with Gasteiger partial charge in [0, 0.05) is 12.2 Å². The highest BCUT2D eigenvalue weighted by molar-refractivity contribution is 5.89. The average Bonchev–Trinajstić information content (AvgIpc) is 3.07. The molecule has 0 amide bonds. The molecule has 0 saturated carbocycles. The predicted octanol–water partition coefficient (Wildman–Crippen LogP) is 2.43. The molecular weight excluding hydrogens is 320 g/mol. The molecule has 3 N–H and O–H groups in total. The van der Waals surface area contributed by atoms with E-state index < -0.39 is 11.9 Å². The van der Waals surface area contributed by atoms with Crippen LogP contribution < -0.4 is 5.32 Å². The lowest BCUT2D eigenvalue weighted by Gasteiger charge is -2.19. The minimum atomic E-state index is -1.26. The summed E-state index contributed by atoms with van der Waals surface area (Å²) in [6.07, 6.45) is 8.85. The first-order valence-electron chi connectivity index (χ1n) is 8.11. The van der Waals surface area contributed by atoms with E-state index in [4.69, 9.17) is 10.2 Å². The fourth-order valence-electron chi connectivity index (χ4n) is 2.81. The molecule has 1 heterocycles. The molecule has 1 aromatic carbocycles. The third kappa shape index (κ3) is 6.25. The largest absolute Gasteiger partial charge is 0.478 e. The van der Waals surface area contributed by atoms with Gasteiger partial charge in [-0.15, -0.1) is 0 Å². The van der Waals surface area contributed by atoms with E-state index in [-0.39, 0.29) is 0 Å². The molecule has 1 aliphatic carbocycles. The number of hydrogen-bond acceptors (Lipinski definition) is 4. The van der Waals surface area contributed by atoms with Gasteiger partial charge in [0.15, 0.2) is 0 Å². The van der Waals surface area contributed by atoms with Crippen LogP contribution in [0.25, 0.3) is 6.08 Å². The van der Waals surface area contributed by atoms with Gasteiger partial charge >= 0.3 is 11.9 Å². The number of benzene rings is 1. The first kappa shape index (κ1) is 18.4. The van der Waals surface area contributed by atoms with Gasteiger partial charge in [-0.1, -0.05) is 35.4 Å². The van der Waals surface area contributed by atoms with Gasteiger partial charge in [0.25, 0.3) is 0 Å². The van der Waals surface area contributed by atoms with Crippen molar-refractivity contribution >= 4 is 24.4 Å². The number of nitrogens with one attached hydrogen (secondary N) is 1. The molecule has 6 heteroatoms. The minimum absolute atomic E-state index is 0.522. The van der Waals surface area contributed by atoms with Crippen LogP contribution in [0.3, 0.4) is 0 Å². The topological polar surface area (TPSA) is 99.0 Å². The van der Waals surface area contributed by atoms with Crippen LogP contribution in [0.5, 0.6) is 0 Å². The molecule has 2 aliphatic rings. The quantitative estimate of drug-likeness (QED) is 0.730. The maximum Gasteiger partial charge on any atom is 0.328 e. The Kier molecular flexibility index (Phi) is 6.51. The van der Waals surface area contributed by atoms with Crippen molar-refractivity contribution < 1.29 is 19.8 Å². The fraction of sp³-hybridized carbons (Fsp3) is 0.316. The monoisotopic (exact) mass is 342 g/mol. The van der Waals surface area contributed by atoms with E-state index in [1.54, 1.807) is 5.57 Å². The molecule has 0 radical (unpaired) electrons. The van der Waals surface area contributed by atoms with Gasteiger partial charge in [0.1, 0.15) is 0 Å². The molecule has 1 atom stereocenters. The molecule has 1 aliphatic heterocycles. The molecule has 25 heavy (non-hydrogen) atoms. The van der Waals surface area contributed by atoms with Crippen LogP contribution in [0.2, 0.25) is 0 Å². The number of nitrogens with zero attached hydrogens (tertiary/aromatic N) is 1. The van der Waals surface area contributed by atoms with Gasteiger partial charge in [-0.2, -0.15) is 0 Å². The molecule has 6 nitrogen and oxygen atoms in total. The van der Waals surface area contributed by atoms with Crippen LogP contribution in [0.4, 0.5) is 0 Å². The van der Waals surface area contributed by atoms with E-state index in [1.807, 2.05) is 6.34 Å². The Bertz CT molecular complexity index is 711. The lowest BCUT2D eigenvalue weighted by atomic mass is 9.88. The number of rotatable bonds is 4. The van der Waals surface area contributed by atoms with Crippen molar-refractivity contribution in [3.05, 3.63) is 52.6 Å². The van der Waals surface area contributed by atoms with Gasteiger partial charge in [-0.05, 0) is 37.3 Å². The summed E-state index contributed by atoms with van der Waals surface area (Å²) < 4.78 is 0. The van der Waals surface area contributed by atoms with Crippen molar-refractivity contribution in [1.82, 2.24) is 5.32 Å². The number of aliphatic imine (C=N–C) groups is 1. The predicted molar refractivity (Wildman–Crippen MR) is 96.8 cm³/mol. The molecular formula is C19H22N2O4. The minimum Gasteiger partial charge on any atom is -0.478 e. The van der Waals surface area contributed by atoms with Crippen LogP contribution in [-0.4, -0.2) is 41.1 Å². The zero-order valence-electron chi connectivity index (χ0n) is 14.1. The summed E-state index contributed by atoms with van der Waals surface area (Å²) in [6, 6.07) is 7.30. The third-order valence-corrected chi connectivity index (χ3v) is 3.98. The lowest BCUT2D eigenvalue weighted by Crippen LogP contribution is -2.25. The lowest BCUT2D eigenvalue weighted by molar-refractivity contribution is -0.134. The van der Waals surface area contributed by atoms with Crippen molar-refractivity contribution in [3.63, 3.8) is 0 Å². The second-order valence-corrected chi connectivity index (χ2v) is 6.08. The summed E-state index contributed by atoms with van der Waals surface area (Å²) in [5.41, 5.74) is 5.84. The first-order chi connectivity index (χ1) is 11.9. The Morgan fingerprint density at radius 2 is 1.96 bits per heavy atom. The number of aliphatic carboxylic acids is 2. The molecule has 0 fully saturated rings. The van der Waals surface area contributed by atoms with Crippen molar-refractivity contribution in [2.75, 3.05) is 6.54 Å². The van der Waals surface area contributed by atoms with E-state index in [0.29, 0.717) is 18.2 Å². The van der Waals surface area contributed by atoms with E-state index in [2.05, 4.69) is 41.5 Å². The highest BCUT2D eigenvalue weighted by Crippen LogP contribution is 2.27. The second kappa shape index (κ2) is 8.82. The maximum atomic E-state index is 9.55. The molecule has 3 rings (SSSR count). The van der Waals surface area contributed by atoms with E-state index in [0.717, 1.165) is 13.0 Å². The van der Waals surface area contributed by atoms with Crippen LogP contribution >= 0.6 is 0 Å². The highest BCUT2D eigenvalue weighted by atomic mass is 16.4. The van der Waals surface area contributed by atoms with Gasteiger partial charge in [0.05, 0.1) is 18.9 Å². The maximum absolute atomic E-state index is 9.55. The van der Waals surface area contributed by atoms with Crippen LogP contribution in [-0.2, 0) is 16.0 Å². The van der Waals surface area contributed by atoms with Crippen LogP contribution in [0, 0.1) is 6.92 Å². The van der Waals surface area contributed by atoms with E-state index >= 15 is 0 Å². The van der Waals surface area contributed by atoms with Crippen molar-refractivity contribution in [3.8, 4) is 0 Å². The Morgan fingerprint density at radius 3 is 2.56 bits per heavy atom. The smallest absolute Gasteiger partial charge is 0.328 e. The molecule has 0 saturated heterocycles. The Hall–Kier alpha value is -2.89. The first-order valence-corrected chi connectivity index (χ1v) is 8.11. The molecule has 0 aromatic heterocycles. The zero-order chi connectivity index (χ0) is 18.2. The summed E-state index contributed by atoms with van der Waals surface area (Å²) in [4.78, 5) is 23.3. The normalized spacial score (nSPS) is 18.0. The number of aryl methyl sites for hydroxylation is 2. The Labute approximate surface area is 146 Å². The molecule has 132 valence electrons. The number of carboxylic acid groups (broad SMARTS) is 2. The summed E-state index contributed by atoms with van der Waals surface area (Å²) in [5, 5.41) is 18.9. The molecule has 0 bridgehead atoms. The van der Waals surface area contributed by atoms with Crippen molar-refractivity contribution in [2.24, 2.45) is 4.99 Å². The third-order valence-electron chi connectivity index (χ3n) is 3.98. The molecule has 1 unspecified atom stereocenters. The van der Waals surface area contributed by atoms with Gasteiger partial charge in [-0.25, -0.2) is 9.59 Å². The number of carbonyl (C=O) groups is 2. The van der Waals surface area contributed by atoms with Gasteiger partial charge in [0.2, 0.25) is 0 Å². The van der Waals surface area contributed by atoms with Gasteiger partial charge in [-0.3, -0.25) is 4.99 Å². The Balaban J connectivity index is 0.000000242. The van der Waals surface area contributed by atoms with Crippen LogP contribution in [0.15, 0.2) is 40.9 Å². The standard InChI is InChI=1S/C15H18N2.C4H4O4/c1-11-2-4-14-7-12(3-5-13(14)6-11)8-15-9-16-10-17-15;5-3(6)1-2-4(7)8/h2,4,6-7,10,15H,3,5,8-9H2,1H3,(H,16,17);1-2H,(H,5,6)(H,7,8)/b;2-1+. The van der Waals surface area contributed by atoms with E-state index in [1.165, 1.54) is 29.5 Å².